The Labute approximate surface area is 141 Å². The van der Waals surface area contributed by atoms with E-state index in [4.69, 9.17) is 14.2 Å². The number of hydrogen-bond donors (Lipinski definition) is 1. The van der Waals surface area contributed by atoms with Gasteiger partial charge in [-0.25, -0.2) is 0 Å². The molecule has 0 aliphatic heterocycles. The average Bonchev–Trinajstić information content (AvgIpc) is 2.60. The lowest BCUT2D eigenvalue weighted by Crippen LogP contribution is -2.15. The zero-order chi connectivity index (χ0) is 17.5. The van der Waals surface area contributed by atoms with Crippen LogP contribution in [0.4, 0.5) is 0 Å². The molecule has 0 spiro atoms. The van der Waals surface area contributed by atoms with Crippen molar-refractivity contribution in [1.82, 2.24) is 0 Å². The summed E-state index contributed by atoms with van der Waals surface area (Å²) in [6, 6.07) is 12.7. The van der Waals surface area contributed by atoms with Gasteiger partial charge in [-0.1, -0.05) is 24.3 Å². The SMILES string of the molecule is CCOc1ccccc1CC(C(=O)O)c1ccc(OC)c(OC)c1. The number of methoxy groups -OCH3 is 2. The number of rotatable bonds is 8. The van der Waals surface area contributed by atoms with E-state index in [-0.39, 0.29) is 0 Å². The third-order valence-corrected chi connectivity index (χ3v) is 3.80. The molecule has 0 heterocycles. The molecule has 2 aromatic carbocycles. The zero-order valence-electron chi connectivity index (χ0n) is 14.1. The summed E-state index contributed by atoms with van der Waals surface area (Å²) in [6.45, 7) is 2.44. The molecule has 5 heteroatoms. The highest BCUT2D eigenvalue weighted by atomic mass is 16.5. The molecule has 0 amide bonds. The van der Waals surface area contributed by atoms with Crippen molar-refractivity contribution in [2.75, 3.05) is 20.8 Å². The van der Waals surface area contributed by atoms with Gasteiger partial charge in [0.15, 0.2) is 11.5 Å². The Morgan fingerprint density at radius 3 is 2.38 bits per heavy atom. The monoisotopic (exact) mass is 330 g/mol. The lowest BCUT2D eigenvalue weighted by molar-refractivity contribution is -0.138. The fourth-order valence-electron chi connectivity index (χ4n) is 2.61. The molecular weight excluding hydrogens is 308 g/mol. The summed E-state index contributed by atoms with van der Waals surface area (Å²) in [5.74, 6) is 0.200. The highest BCUT2D eigenvalue weighted by Crippen LogP contribution is 2.33. The first-order valence-electron chi connectivity index (χ1n) is 7.76. The first-order valence-corrected chi connectivity index (χ1v) is 7.76. The van der Waals surface area contributed by atoms with E-state index in [1.807, 2.05) is 31.2 Å². The lowest BCUT2D eigenvalue weighted by atomic mass is 9.91. The van der Waals surface area contributed by atoms with Crippen LogP contribution in [0.3, 0.4) is 0 Å². The van der Waals surface area contributed by atoms with Crippen LogP contribution < -0.4 is 14.2 Å². The summed E-state index contributed by atoms with van der Waals surface area (Å²) >= 11 is 0. The molecule has 0 aliphatic rings. The summed E-state index contributed by atoms with van der Waals surface area (Å²) < 4.78 is 16.1. The average molecular weight is 330 g/mol. The molecule has 24 heavy (non-hydrogen) atoms. The van der Waals surface area contributed by atoms with Crippen molar-refractivity contribution >= 4 is 5.97 Å². The minimum absolute atomic E-state index is 0.334. The predicted molar refractivity (Wildman–Crippen MR) is 91.2 cm³/mol. The Morgan fingerprint density at radius 1 is 1.04 bits per heavy atom. The van der Waals surface area contributed by atoms with Crippen molar-refractivity contribution in [2.24, 2.45) is 0 Å². The molecule has 1 unspecified atom stereocenters. The van der Waals surface area contributed by atoms with E-state index in [0.29, 0.717) is 35.8 Å². The van der Waals surface area contributed by atoms with E-state index in [9.17, 15) is 9.90 Å². The molecule has 1 atom stereocenters. The predicted octanol–water partition coefficient (Wildman–Crippen LogP) is 3.51. The van der Waals surface area contributed by atoms with Gasteiger partial charge >= 0.3 is 5.97 Å². The second-order valence-electron chi connectivity index (χ2n) is 5.25. The van der Waals surface area contributed by atoms with E-state index in [1.165, 1.54) is 7.11 Å². The van der Waals surface area contributed by atoms with Gasteiger partial charge < -0.3 is 19.3 Å². The summed E-state index contributed by atoms with van der Waals surface area (Å²) in [5, 5.41) is 9.69. The maximum Gasteiger partial charge on any atom is 0.311 e. The van der Waals surface area contributed by atoms with Crippen LogP contribution in [0, 0.1) is 0 Å². The Morgan fingerprint density at radius 2 is 1.75 bits per heavy atom. The summed E-state index contributed by atoms with van der Waals surface area (Å²) in [4.78, 5) is 11.8. The van der Waals surface area contributed by atoms with Crippen LogP contribution in [0.2, 0.25) is 0 Å². The second kappa shape index (κ2) is 8.24. The first kappa shape index (κ1) is 17.7. The Kier molecular flexibility index (Phi) is 6.07. The zero-order valence-corrected chi connectivity index (χ0v) is 14.1. The van der Waals surface area contributed by atoms with Crippen molar-refractivity contribution in [2.45, 2.75) is 19.3 Å². The summed E-state index contributed by atoms with van der Waals surface area (Å²) in [5.41, 5.74) is 1.52. The van der Waals surface area contributed by atoms with Crippen LogP contribution >= 0.6 is 0 Å². The van der Waals surface area contributed by atoms with Crippen LogP contribution in [0.25, 0.3) is 0 Å². The van der Waals surface area contributed by atoms with Gasteiger partial charge in [-0.2, -0.15) is 0 Å². The highest BCUT2D eigenvalue weighted by molar-refractivity contribution is 5.77. The van der Waals surface area contributed by atoms with Crippen LogP contribution in [0.5, 0.6) is 17.2 Å². The quantitative estimate of drug-likeness (QED) is 0.802. The van der Waals surface area contributed by atoms with E-state index in [0.717, 1.165) is 5.56 Å². The van der Waals surface area contributed by atoms with Crippen molar-refractivity contribution in [1.29, 1.82) is 0 Å². The fourth-order valence-corrected chi connectivity index (χ4v) is 2.61. The van der Waals surface area contributed by atoms with Gasteiger partial charge in [-0.15, -0.1) is 0 Å². The number of hydrogen-bond acceptors (Lipinski definition) is 4. The van der Waals surface area contributed by atoms with Crippen molar-refractivity contribution < 1.29 is 24.1 Å². The Hall–Kier alpha value is -2.69. The molecule has 0 bridgehead atoms. The number of benzene rings is 2. The Balaban J connectivity index is 2.36. The molecule has 0 fully saturated rings. The van der Waals surface area contributed by atoms with E-state index in [1.54, 1.807) is 25.3 Å². The van der Waals surface area contributed by atoms with Crippen LogP contribution in [-0.4, -0.2) is 31.9 Å². The third-order valence-electron chi connectivity index (χ3n) is 3.80. The van der Waals surface area contributed by atoms with Gasteiger partial charge in [0.2, 0.25) is 0 Å². The largest absolute Gasteiger partial charge is 0.494 e. The first-order chi connectivity index (χ1) is 11.6. The minimum Gasteiger partial charge on any atom is -0.494 e. The van der Waals surface area contributed by atoms with E-state index in [2.05, 4.69) is 0 Å². The van der Waals surface area contributed by atoms with Gasteiger partial charge in [0, 0.05) is 0 Å². The molecule has 2 aromatic rings. The number of para-hydroxylation sites is 1. The molecule has 1 N–H and O–H groups in total. The fraction of sp³-hybridized carbons (Fsp3) is 0.316. The maximum atomic E-state index is 11.8. The Bertz CT molecular complexity index is 696. The number of aliphatic carboxylic acids is 1. The van der Waals surface area contributed by atoms with E-state index < -0.39 is 11.9 Å². The molecule has 0 saturated carbocycles. The molecule has 2 rings (SSSR count). The molecule has 128 valence electrons. The summed E-state index contributed by atoms with van der Waals surface area (Å²) in [6.07, 6.45) is 0.334. The van der Waals surface area contributed by atoms with Gasteiger partial charge in [0.1, 0.15) is 5.75 Å². The molecule has 0 saturated heterocycles. The second-order valence-corrected chi connectivity index (χ2v) is 5.25. The minimum atomic E-state index is -0.895. The van der Waals surface area contributed by atoms with Gasteiger partial charge in [0.25, 0.3) is 0 Å². The topological polar surface area (TPSA) is 65.0 Å². The summed E-state index contributed by atoms with van der Waals surface area (Å²) in [7, 11) is 3.08. The number of ether oxygens (including phenoxy) is 3. The molecule has 0 radical (unpaired) electrons. The molecular formula is C19H22O5. The van der Waals surface area contributed by atoms with Crippen LogP contribution in [-0.2, 0) is 11.2 Å². The number of carboxylic acid groups (broad SMARTS) is 1. The standard InChI is InChI=1S/C19H22O5/c1-4-24-16-8-6-5-7-14(16)11-15(19(20)21)13-9-10-17(22-2)18(12-13)23-3/h5-10,12,15H,4,11H2,1-3H3,(H,20,21). The lowest BCUT2D eigenvalue weighted by Gasteiger charge is -2.17. The molecule has 0 aliphatic carbocycles. The number of carboxylic acids is 1. The van der Waals surface area contributed by atoms with Gasteiger partial charge in [-0.05, 0) is 42.7 Å². The van der Waals surface area contributed by atoms with Crippen molar-refractivity contribution in [3.8, 4) is 17.2 Å². The van der Waals surface area contributed by atoms with Gasteiger partial charge in [-0.3, -0.25) is 4.79 Å². The maximum absolute atomic E-state index is 11.8. The van der Waals surface area contributed by atoms with Crippen molar-refractivity contribution in [3.05, 3.63) is 53.6 Å². The normalized spacial score (nSPS) is 11.6. The smallest absolute Gasteiger partial charge is 0.311 e. The van der Waals surface area contributed by atoms with Crippen LogP contribution in [0.15, 0.2) is 42.5 Å². The molecule has 5 nitrogen and oxygen atoms in total. The third kappa shape index (κ3) is 3.98. The highest BCUT2D eigenvalue weighted by Gasteiger charge is 2.23. The van der Waals surface area contributed by atoms with Crippen molar-refractivity contribution in [3.63, 3.8) is 0 Å². The van der Waals surface area contributed by atoms with E-state index >= 15 is 0 Å². The molecule has 0 aromatic heterocycles. The van der Waals surface area contributed by atoms with Crippen LogP contribution in [0.1, 0.15) is 24.0 Å². The number of carbonyl (C=O) groups is 1. The van der Waals surface area contributed by atoms with Gasteiger partial charge in [0.05, 0.1) is 26.7 Å².